The van der Waals surface area contributed by atoms with Crippen molar-refractivity contribution in [2.24, 2.45) is 0 Å². The molecule has 176 valence electrons. The van der Waals surface area contributed by atoms with Crippen molar-refractivity contribution >= 4 is 33.9 Å². The van der Waals surface area contributed by atoms with E-state index in [-0.39, 0.29) is 11.7 Å². The summed E-state index contributed by atoms with van der Waals surface area (Å²) in [5, 5.41) is 20.5. The van der Waals surface area contributed by atoms with Gasteiger partial charge in [0.2, 0.25) is 0 Å². The van der Waals surface area contributed by atoms with E-state index in [1.165, 1.54) is 16.9 Å². The molecule has 4 aromatic rings. The second kappa shape index (κ2) is 8.78. The average molecular weight is 488 g/mol. The Labute approximate surface area is 196 Å². The van der Waals surface area contributed by atoms with Gasteiger partial charge in [0, 0.05) is 17.3 Å². The van der Waals surface area contributed by atoms with Gasteiger partial charge in [-0.2, -0.15) is 13.2 Å². The zero-order valence-electron chi connectivity index (χ0n) is 18.2. The molecule has 0 aliphatic heterocycles. The summed E-state index contributed by atoms with van der Waals surface area (Å²) in [6.45, 7) is 5.31. The van der Waals surface area contributed by atoms with Gasteiger partial charge in [-0.3, -0.25) is 4.79 Å². The topological polar surface area (TPSA) is 105 Å². The van der Waals surface area contributed by atoms with E-state index in [2.05, 4.69) is 25.7 Å². The van der Waals surface area contributed by atoms with Crippen molar-refractivity contribution < 1.29 is 23.1 Å². The smallest absolute Gasteiger partial charge is 0.433 e. The van der Waals surface area contributed by atoms with Crippen molar-refractivity contribution in [3.8, 4) is 11.4 Å². The summed E-state index contributed by atoms with van der Waals surface area (Å²) < 4.78 is 39.6. The second-order valence-corrected chi connectivity index (χ2v) is 8.55. The Hall–Kier alpha value is -3.93. The van der Waals surface area contributed by atoms with Crippen molar-refractivity contribution in [3.05, 3.63) is 70.1 Å². The Kier molecular flexibility index (Phi) is 6.00. The molecule has 0 radical (unpaired) electrons. The molecule has 0 aliphatic carbocycles. The molecular weight excluding hydrogens is 469 g/mol. The van der Waals surface area contributed by atoms with E-state index < -0.39 is 11.9 Å². The van der Waals surface area contributed by atoms with Gasteiger partial charge in [0.25, 0.3) is 5.91 Å². The second-order valence-electron chi connectivity index (χ2n) is 7.52. The van der Waals surface area contributed by atoms with Gasteiger partial charge in [0.15, 0.2) is 10.9 Å². The van der Waals surface area contributed by atoms with Crippen LogP contribution in [0.15, 0.2) is 42.9 Å². The minimum atomic E-state index is -4.52. The number of carbonyl (C=O) groups is 1. The van der Waals surface area contributed by atoms with Gasteiger partial charge >= 0.3 is 6.18 Å². The van der Waals surface area contributed by atoms with Crippen LogP contribution in [0.25, 0.3) is 5.69 Å². The SMILES string of the molecule is Cc1cn(-c2ccc(C(F)(F)F)nc2)nc1Nc1ncc(C(=O)Nc2c(C)ccc(O)c2C)s1. The largest absolute Gasteiger partial charge is 0.508 e. The fourth-order valence-electron chi connectivity index (χ4n) is 3.15. The number of anilines is 3. The van der Waals surface area contributed by atoms with Crippen LogP contribution >= 0.6 is 11.3 Å². The molecule has 3 N–H and O–H groups in total. The van der Waals surface area contributed by atoms with Crippen LogP contribution in [0, 0.1) is 20.8 Å². The number of rotatable bonds is 5. The van der Waals surface area contributed by atoms with Gasteiger partial charge < -0.3 is 15.7 Å². The Bertz CT molecular complexity index is 1360. The predicted molar refractivity (Wildman–Crippen MR) is 122 cm³/mol. The quantitative estimate of drug-likeness (QED) is 0.349. The number of hydrogen-bond donors (Lipinski definition) is 3. The molecule has 0 bridgehead atoms. The monoisotopic (exact) mass is 488 g/mol. The standard InChI is InChI=1S/C22H19F3N6O2S/c1-11-4-6-15(32)13(3)18(11)28-20(33)16-9-27-21(34-16)29-19-12(2)10-31(30-19)14-5-7-17(26-8-14)22(23,24)25/h4-10,32H,1-3H3,(H,28,33)(H,27,29,30). The minimum absolute atomic E-state index is 0.0851. The third kappa shape index (κ3) is 4.71. The number of halogens is 3. The van der Waals surface area contributed by atoms with Crippen LogP contribution < -0.4 is 10.6 Å². The molecule has 34 heavy (non-hydrogen) atoms. The van der Waals surface area contributed by atoms with Crippen molar-refractivity contribution in [2.45, 2.75) is 26.9 Å². The molecule has 0 spiro atoms. The maximum Gasteiger partial charge on any atom is 0.433 e. The van der Waals surface area contributed by atoms with Crippen molar-refractivity contribution in [3.63, 3.8) is 0 Å². The predicted octanol–water partition coefficient (Wildman–Crippen LogP) is 5.37. The van der Waals surface area contributed by atoms with Gasteiger partial charge in [0.05, 0.1) is 23.8 Å². The Morgan fingerprint density at radius 3 is 2.50 bits per heavy atom. The highest BCUT2D eigenvalue weighted by Crippen LogP contribution is 2.30. The molecule has 1 amide bonds. The number of pyridine rings is 1. The molecule has 3 aromatic heterocycles. The van der Waals surface area contributed by atoms with Crippen molar-refractivity contribution in [2.75, 3.05) is 10.6 Å². The number of hydrogen-bond acceptors (Lipinski definition) is 7. The summed E-state index contributed by atoms with van der Waals surface area (Å²) in [4.78, 5) is 20.7. The van der Waals surface area contributed by atoms with E-state index in [0.717, 1.165) is 29.2 Å². The molecule has 0 atom stereocenters. The molecule has 0 aliphatic rings. The highest BCUT2D eigenvalue weighted by molar-refractivity contribution is 7.17. The lowest BCUT2D eigenvalue weighted by Crippen LogP contribution is -2.12. The molecule has 1 aromatic carbocycles. The van der Waals surface area contributed by atoms with Crippen LogP contribution in [-0.2, 0) is 6.18 Å². The van der Waals surface area contributed by atoms with Crippen LogP contribution in [0.4, 0.5) is 29.8 Å². The number of benzene rings is 1. The number of phenols is 1. The first-order valence-electron chi connectivity index (χ1n) is 9.96. The molecule has 3 heterocycles. The maximum absolute atomic E-state index is 12.7. The fraction of sp³-hybridized carbons (Fsp3) is 0.182. The molecule has 0 saturated carbocycles. The third-order valence-corrected chi connectivity index (χ3v) is 5.95. The number of aromatic hydroxyl groups is 1. The van der Waals surface area contributed by atoms with Crippen molar-refractivity contribution in [1.29, 1.82) is 0 Å². The van der Waals surface area contributed by atoms with Crippen LogP contribution in [-0.4, -0.2) is 30.8 Å². The zero-order valence-corrected chi connectivity index (χ0v) is 19.0. The van der Waals surface area contributed by atoms with E-state index in [1.54, 1.807) is 32.2 Å². The number of nitrogens with one attached hydrogen (secondary N) is 2. The van der Waals surface area contributed by atoms with E-state index in [9.17, 15) is 23.1 Å². The lowest BCUT2D eigenvalue weighted by atomic mass is 10.1. The molecule has 8 nitrogen and oxygen atoms in total. The van der Waals surface area contributed by atoms with Gasteiger partial charge in [-0.25, -0.2) is 14.6 Å². The molecule has 4 rings (SSSR count). The average Bonchev–Trinajstić information content (AvgIpc) is 3.40. The Morgan fingerprint density at radius 1 is 1.06 bits per heavy atom. The molecule has 0 saturated heterocycles. The van der Waals surface area contributed by atoms with E-state index in [4.69, 9.17) is 0 Å². The van der Waals surface area contributed by atoms with E-state index in [0.29, 0.717) is 38.3 Å². The molecule has 0 fully saturated rings. The summed E-state index contributed by atoms with van der Waals surface area (Å²) in [7, 11) is 0. The van der Waals surface area contributed by atoms with E-state index >= 15 is 0 Å². The first-order valence-corrected chi connectivity index (χ1v) is 10.8. The highest BCUT2D eigenvalue weighted by atomic mass is 32.1. The van der Waals surface area contributed by atoms with Gasteiger partial charge in [0.1, 0.15) is 16.3 Å². The van der Waals surface area contributed by atoms with Crippen LogP contribution in [0.2, 0.25) is 0 Å². The summed E-state index contributed by atoms with van der Waals surface area (Å²) in [6, 6.07) is 5.45. The number of carbonyl (C=O) groups excluding carboxylic acids is 1. The maximum atomic E-state index is 12.7. The number of thiazole rings is 1. The summed E-state index contributed by atoms with van der Waals surface area (Å²) in [5.41, 5.74) is 2.00. The Balaban J connectivity index is 1.49. The number of alkyl halides is 3. The Morgan fingerprint density at radius 2 is 1.82 bits per heavy atom. The number of aromatic nitrogens is 4. The number of nitrogens with zero attached hydrogens (tertiary/aromatic N) is 4. The normalized spacial score (nSPS) is 11.5. The lowest BCUT2D eigenvalue weighted by molar-refractivity contribution is -0.141. The number of aryl methyl sites for hydroxylation is 2. The molecular formula is C22H19F3N6O2S. The highest BCUT2D eigenvalue weighted by Gasteiger charge is 2.32. The summed E-state index contributed by atoms with van der Waals surface area (Å²) in [6.07, 6.45) is -0.363. The van der Waals surface area contributed by atoms with Crippen LogP contribution in [0.3, 0.4) is 0 Å². The van der Waals surface area contributed by atoms with Gasteiger partial charge in [-0.1, -0.05) is 17.4 Å². The minimum Gasteiger partial charge on any atom is -0.508 e. The van der Waals surface area contributed by atoms with E-state index in [1.807, 2.05) is 6.92 Å². The lowest BCUT2D eigenvalue weighted by Gasteiger charge is -2.11. The van der Waals surface area contributed by atoms with Crippen molar-refractivity contribution in [1.82, 2.24) is 19.7 Å². The van der Waals surface area contributed by atoms with Gasteiger partial charge in [-0.05, 0) is 44.5 Å². The molecule has 0 unspecified atom stereocenters. The third-order valence-electron chi connectivity index (χ3n) is 5.04. The van der Waals surface area contributed by atoms with Gasteiger partial charge in [-0.15, -0.1) is 5.10 Å². The van der Waals surface area contributed by atoms with Crippen LogP contribution in [0.5, 0.6) is 5.75 Å². The summed E-state index contributed by atoms with van der Waals surface area (Å²) >= 11 is 1.11. The first kappa shape index (κ1) is 23.2. The number of amides is 1. The number of phenolic OH excluding ortho intramolecular Hbond substituents is 1. The summed E-state index contributed by atoms with van der Waals surface area (Å²) in [5.74, 6) is 0.142. The fourth-order valence-corrected chi connectivity index (χ4v) is 3.86. The van der Waals surface area contributed by atoms with Crippen LogP contribution in [0.1, 0.15) is 32.1 Å². The molecule has 12 heteroatoms. The zero-order chi connectivity index (χ0) is 24.6. The first-order chi connectivity index (χ1) is 16.0.